The number of hydrogen-bond acceptors (Lipinski definition) is 4. The van der Waals surface area contributed by atoms with Crippen LogP contribution in [-0.4, -0.2) is 54.3 Å². The van der Waals surface area contributed by atoms with Gasteiger partial charge in [0.15, 0.2) is 5.82 Å². The van der Waals surface area contributed by atoms with Gasteiger partial charge in [0, 0.05) is 45.0 Å². The summed E-state index contributed by atoms with van der Waals surface area (Å²) >= 11 is 0. The lowest BCUT2D eigenvalue weighted by Gasteiger charge is -2.18. The topological polar surface area (TPSA) is 82.5 Å². The van der Waals surface area contributed by atoms with Gasteiger partial charge in [-0.3, -0.25) is 10.1 Å². The maximum Gasteiger partial charge on any atom is 0.320 e. The van der Waals surface area contributed by atoms with Gasteiger partial charge in [0.25, 0.3) is 5.91 Å². The molecule has 0 radical (unpaired) electrons. The molecule has 2 N–H and O–H groups in total. The summed E-state index contributed by atoms with van der Waals surface area (Å²) in [5.74, 6) is 1.40. The van der Waals surface area contributed by atoms with E-state index in [2.05, 4.69) is 20.6 Å². The molecule has 3 rings (SSSR count). The second-order valence-corrected chi connectivity index (χ2v) is 5.71. The summed E-state index contributed by atoms with van der Waals surface area (Å²) in [4.78, 5) is 27.0. The highest BCUT2D eigenvalue weighted by Crippen LogP contribution is 2.32. The lowest BCUT2D eigenvalue weighted by Crippen LogP contribution is -2.24. The number of benzene rings is 1. The van der Waals surface area contributed by atoms with Crippen molar-refractivity contribution in [2.24, 2.45) is 0 Å². The van der Waals surface area contributed by atoms with Crippen LogP contribution in [0.25, 0.3) is 0 Å². The van der Waals surface area contributed by atoms with Crippen LogP contribution in [-0.2, 0) is 6.54 Å². The summed E-state index contributed by atoms with van der Waals surface area (Å²) in [5, 5.41) is 9.53. The van der Waals surface area contributed by atoms with Crippen LogP contribution in [0.5, 0.6) is 0 Å². The summed E-state index contributed by atoms with van der Waals surface area (Å²) in [5.41, 5.74) is 1.63. The van der Waals surface area contributed by atoms with Gasteiger partial charge in [-0.2, -0.15) is 5.10 Å². The maximum absolute atomic E-state index is 12.0. The Morgan fingerprint density at radius 3 is 2.50 bits per heavy atom. The molecule has 0 bridgehead atoms. The third-order valence-corrected chi connectivity index (χ3v) is 3.87. The third kappa shape index (κ3) is 2.90. The molecular weight excluding hydrogens is 308 g/mol. The van der Waals surface area contributed by atoms with Crippen molar-refractivity contribution in [1.29, 1.82) is 0 Å². The number of fused-ring (bicyclic) bond motifs is 1. The van der Waals surface area contributed by atoms with E-state index in [1.807, 2.05) is 35.0 Å². The van der Waals surface area contributed by atoms with E-state index in [4.69, 9.17) is 0 Å². The SMILES string of the molecule is CNC(=O)Nc1cc2n(n1)CCN2c1ccc(C(=O)N(C)C)cc1. The molecule has 0 fully saturated rings. The molecule has 0 unspecified atom stereocenters. The van der Waals surface area contributed by atoms with E-state index in [0.29, 0.717) is 11.4 Å². The van der Waals surface area contributed by atoms with E-state index in [1.54, 1.807) is 26.0 Å². The van der Waals surface area contributed by atoms with Crippen molar-refractivity contribution in [3.63, 3.8) is 0 Å². The number of rotatable bonds is 3. The van der Waals surface area contributed by atoms with E-state index in [1.165, 1.54) is 0 Å². The molecule has 0 spiro atoms. The van der Waals surface area contributed by atoms with Crippen LogP contribution >= 0.6 is 0 Å². The van der Waals surface area contributed by atoms with Crippen molar-refractivity contribution < 1.29 is 9.59 Å². The monoisotopic (exact) mass is 328 g/mol. The highest BCUT2D eigenvalue weighted by molar-refractivity contribution is 5.94. The molecule has 1 aromatic carbocycles. The average molecular weight is 328 g/mol. The van der Waals surface area contributed by atoms with E-state index >= 15 is 0 Å². The van der Waals surface area contributed by atoms with E-state index < -0.39 is 0 Å². The number of nitrogens with zero attached hydrogens (tertiary/aromatic N) is 4. The number of anilines is 3. The van der Waals surface area contributed by atoms with Crippen LogP contribution in [0.2, 0.25) is 0 Å². The number of amides is 3. The van der Waals surface area contributed by atoms with Crippen molar-refractivity contribution in [3.05, 3.63) is 35.9 Å². The van der Waals surface area contributed by atoms with E-state index in [0.717, 1.165) is 24.6 Å². The number of nitrogens with one attached hydrogen (secondary N) is 2. The number of carbonyl (C=O) groups is 2. The molecule has 3 amide bonds. The Morgan fingerprint density at radius 1 is 1.17 bits per heavy atom. The number of carbonyl (C=O) groups excluding carboxylic acids is 2. The molecule has 0 saturated heterocycles. The first kappa shape index (κ1) is 15.9. The summed E-state index contributed by atoms with van der Waals surface area (Å²) < 4.78 is 1.85. The van der Waals surface area contributed by atoms with E-state index in [9.17, 15) is 9.59 Å². The van der Waals surface area contributed by atoms with Crippen LogP contribution < -0.4 is 15.5 Å². The van der Waals surface area contributed by atoms with Crippen LogP contribution in [0.4, 0.5) is 22.1 Å². The van der Waals surface area contributed by atoms with Crippen molar-refractivity contribution in [3.8, 4) is 0 Å². The summed E-state index contributed by atoms with van der Waals surface area (Å²) in [6, 6.07) is 9.02. The van der Waals surface area contributed by atoms with Crippen LogP contribution in [0.15, 0.2) is 30.3 Å². The average Bonchev–Trinajstić information content (AvgIpc) is 3.14. The zero-order valence-corrected chi connectivity index (χ0v) is 13.9. The number of hydrogen-bond donors (Lipinski definition) is 2. The maximum atomic E-state index is 12.0. The largest absolute Gasteiger partial charge is 0.345 e. The van der Waals surface area contributed by atoms with Gasteiger partial charge in [-0.1, -0.05) is 0 Å². The number of urea groups is 1. The first-order valence-electron chi connectivity index (χ1n) is 7.65. The fourth-order valence-corrected chi connectivity index (χ4v) is 2.64. The minimum Gasteiger partial charge on any atom is -0.345 e. The van der Waals surface area contributed by atoms with Gasteiger partial charge in [-0.25, -0.2) is 9.48 Å². The Hall–Kier alpha value is -3.03. The van der Waals surface area contributed by atoms with Gasteiger partial charge < -0.3 is 15.1 Å². The lowest BCUT2D eigenvalue weighted by atomic mass is 10.1. The van der Waals surface area contributed by atoms with Gasteiger partial charge in [0.2, 0.25) is 0 Å². The van der Waals surface area contributed by atoms with Gasteiger partial charge >= 0.3 is 6.03 Å². The fourth-order valence-electron chi connectivity index (χ4n) is 2.64. The number of aromatic nitrogens is 2. The van der Waals surface area contributed by atoms with E-state index in [-0.39, 0.29) is 11.9 Å². The zero-order valence-electron chi connectivity index (χ0n) is 13.9. The van der Waals surface area contributed by atoms with Gasteiger partial charge in [-0.05, 0) is 24.3 Å². The molecule has 1 aliphatic rings. The van der Waals surface area contributed by atoms with Crippen molar-refractivity contribution in [2.75, 3.05) is 37.9 Å². The molecule has 2 aromatic rings. The molecule has 1 aromatic heterocycles. The Morgan fingerprint density at radius 2 is 1.88 bits per heavy atom. The molecule has 8 nitrogen and oxygen atoms in total. The standard InChI is InChI=1S/C16H20N6O2/c1-17-16(24)18-13-10-14-21(8-9-22(14)19-13)12-6-4-11(5-7-12)15(23)20(2)3/h4-7,10H,8-9H2,1-3H3,(H2,17,18,19,24). The third-order valence-electron chi connectivity index (χ3n) is 3.87. The lowest BCUT2D eigenvalue weighted by molar-refractivity contribution is 0.0827. The minimum absolute atomic E-state index is 0.0231. The molecule has 0 saturated carbocycles. The van der Waals surface area contributed by atoms with Crippen LogP contribution in [0, 0.1) is 0 Å². The quantitative estimate of drug-likeness (QED) is 0.894. The van der Waals surface area contributed by atoms with Gasteiger partial charge in [0.1, 0.15) is 5.82 Å². The van der Waals surface area contributed by atoms with Crippen LogP contribution in [0.3, 0.4) is 0 Å². The predicted molar refractivity (Wildman–Crippen MR) is 91.8 cm³/mol. The fraction of sp³-hybridized carbons (Fsp3) is 0.312. The molecule has 1 aliphatic heterocycles. The second kappa shape index (κ2) is 6.23. The van der Waals surface area contributed by atoms with Crippen LogP contribution in [0.1, 0.15) is 10.4 Å². The second-order valence-electron chi connectivity index (χ2n) is 5.71. The smallest absolute Gasteiger partial charge is 0.320 e. The highest BCUT2D eigenvalue weighted by Gasteiger charge is 2.23. The van der Waals surface area contributed by atoms with Crippen molar-refractivity contribution in [1.82, 2.24) is 20.0 Å². The highest BCUT2D eigenvalue weighted by atomic mass is 16.2. The minimum atomic E-state index is -0.301. The van der Waals surface area contributed by atoms with Crippen molar-refractivity contribution in [2.45, 2.75) is 6.54 Å². The van der Waals surface area contributed by atoms with Crippen molar-refractivity contribution >= 4 is 29.3 Å². The van der Waals surface area contributed by atoms with Gasteiger partial charge in [0.05, 0.1) is 6.54 Å². The summed E-state index contributed by atoms with van der Waals surface area (Å²) in [6.45, 7) is 1.53. The normalized spacial score (nSPS) is 12.7. The first-order valence-corrected chi connectivity index (χ1v) is 7.65. The molecular formula is C16H20N6O2. The molecule has 24 heavy (non-hydrogen) atoms. The predicted octanol–water partition coefficient (Wildman–Crippen LogP) is 1.49. The first-order chi connectivity index (χ1) is 11.5. The summed E-state index contributed by atoms with van der Waals surface area (Å²) in [7, 11) is 5.02. The Kier molecular flexibility index (Phi) is 4.11. The Labute approximate surface area is 140 Å². The molecule has 126 valence electrons. The molecule has 2 heterocycles. The zero-order chi connectivity index (χ0) is 17.3. The molecule has 0 aliphatic carbocycles. The summed E-state index contributed by atoms with van der Waals surface area (Å²) in [6.07, 6.45) is 0. The molecule has 0 atom stereocenters. The molecule has 8 heteroatoms. The Balaban J connectivity index is 1.80. The Bertz CT molecular complexity index is 765. The van der Waals surface area contributed by atoms with Gasteiger partial charge in [-0.15, -0.1) is 0 Å².